The Morgan fingerprint density at radius 2 is 1.94 bits per heavy atom. The third kappa shape index (κ3) is 3.35. The minimum Gasteiger partial charge on any atom is -0.381 e. The van der Waals surface area contributed by atoms with Crippen LogP contribution in [-0.2, 0) is 11.3 Å². The summed E-state index contributed by atoms with van der Waals surface area (Å²) in [6.07, 6.45) is 2.24. The molecule has 4 heteroatoms. The van der Waals surface area contributed by atoms with Crippen LogP contribution in [0, 0.1) is 5.53 Å². The number of nitrogens with one attached hydrogen (secondary N) is 1. The van der Waals surface area contributed by atoms with Gasteiger partial charge in [0.1, 0.15) is 0 Å². The van der Waals surface area contributed by atoms with Gasteiger partial charge in [0.15, 0.2) is 0 Å². The van der Waals surface area contributed by atoms with E-state index in [4.69, 9.17) is 10.3 Å². The molecule has 0 spiro atoms. The summed E-state index contributed by atoms with van der Waals surface area (Å²) < 4.78 is 5.37. The van der Waals surface area contributed by atoms with Crippen LogP contribution in [0.3, 0.4) is 0 Å². The second kappa shape index (κ2) is 5.89. The van der Waals surface area contributed by atoms with Crippen molar-refractivity contribution < 1.29 is 4.74 Å². The zero-order valence-electron chi connectivity index (χ0n) is 10.2. The molecule has 0 unspecified atom stereocenters. The number of benzene rings is 1. The van der Waals surface area contributed by atoms with Gasteiger partial charge in [-0.15, -0.1) is 0 Å². The first-order valence-electron chi connectivity index (χ1n) is 6.04. The fourth-order valence-corrected chi connectivity index (χ4v) is 2.22. The Hall–Kier alpha value is -1.26. The fraction of sp³-hybridized carbons (Fsp3) is 0.538. The van der Waals surface area contributed by atoms with Crippen LogP contribution in [-0.4, -0.2) is 31.2 Å². The summed E-state index contributed by atoms with van der Waals surface area (Å²) in [5, 5.41) is 3.40. The molecular weight excluding hydrogens is 214 g/mol. The van der Waals surface area contributed by atoms with Crippen molar-refractivity contribution in [2.75, 3.05) is 20.3 Å². The Kier molecular flexibility index (Phi) is 4.23. The van der Waals surface area contributed by atoms with Crippen molar-refractivity contribution in [3.05, 3.63) is 29.8 Å². The minimum absolute atomic E-state index is 0.629. The van der Waals surface area contributed by atoms with Crippen LogP contribution < -0.4 is 0 Å². The van der Waals surface area contributed by atoms with Crippen LogP contribution in [0.4, 0.5) is 5.69 Å². The zero-order chi connectivity index (χ0) is 12.1. The van der Waals surface area contributed by atoms with Crippen LogP contribution in [0.25, 0.3) is 0 Å². The molecular formula is C13H19N3O. The Labute approximate surface area is 102 Å². The summed E-state index contributed by atoms with van der Waals surface area (Å²) in [7, 11) is 2.17. The highest BCUT2D eigenvalue weighted by Crippen LogP contribution is 2.17. The Morgan fingerprint density at radius 1 is 1.29 bits per heavy atom. The lowest BCUT2D eigenvalue weighted by molar-refractivity contribution is 0.0407. The lowest BCUT2D eigenvalue weighted by atomic mass is 10.1. The largest absolute Gasteiger partial charge is 0.381 e. The molecule has 1 aliphatic heterocycles. The number of hydrogen-bond donors (Lipinski definition) is 1. The molecule has 17 heavy (non-hydrogen) atoms. The molecule has 2 rings (SSSR count). The highest BCUT2D eigenvalue weighted by Gasteiger charge is 2.18. The highest BCUT2D eigenvalue weighted by molar-refractivity contribution is 5.37. The van der Waals surface area contributed by atoms with Gasteiger partial charge >= 0.3 is 0 Å². The Balaban J connectivity index is 1.92. The van der Waals surface area contributed by atoms with Crippen molar-refractivity contribution in [3.63, 3.8) is 0 Å². The highest BCUT2D eigenvalue weighted by atomic mass is 16.5. The first-order chi connectivity index (χ1) is 8.29. The molecule has 0 saturated carbocycles. The number of hydrogen-bond acceptors (Lipinski definition) is 4. The van der Waals surface area contributed by atoms with Gasteiger partial charge in [-0.2, -0.15) is 5.11 Å². The topological polar surface area (TPSA) is 48.7 Å². The maximum Gasteiger partial charge on any atom is 0.0850 e. The van der Waals surface area contributed by atoms with Crippen LogP contribution in [0.1, 0.15) is 18.4 Å². The lowest BCUT2D eigenvalue weighted by Crippen LogP contribution is -2.36. The molecule has 0 amide bonds. The molecule has 1 N–H and O–H groups in total. The number of nitrogens with zero attached hydrogens (tertiary/aromatic N) is 2. The molecule has 92 valence electrons. The SMILES string of the molecule is CN(Cc1ccc(N=N)cc1)C1CCOCC1. The van der Waals surface area contributed by atoms with Crippen molar-refractivity contribution >= 4 is 5.69 Å². The minimum atomic E-state index is 0.629. The molecule has 1 heterocycles. The van der Waals surface area contributed by atoms with Crippen molar-refractivity contribution in [1.82, 2.24) is 4.90 Å². The lowest BCUT2D eigenvalue weighted by Gasteiger charge is -2.31. The summed E-state index contributed by atoms with van der Waals surface area (Å²) in [5.74, 6) is 0. The van der Waals surface area contributed by atoms with Gasteiger partial charge in [0.05, 0.1) is 5.69 Å². The summed E-state index contributed by atoms with van der Waals surface area (Å²) >= 11 is 0. The van der Waals surface area contributed by atoms with Crippen LogP contribution in [0.2, 0.25) is 0 Å². The van der Waals surface area contributed by atoms with E-state index in [-0.39, 0.29) is 0 Å². The molecule has 0 bridgehead atoms. The van der Waals surface area contributed by atoms with E-state index in [1.165, 1.54) is 5.56 Å². The molecule has 4 nitrogen and oxygen atoms in total. The first-order valence-corrected chi connectivity index (χ1v) is 6.04. The summed E-state index contributed by atoms with van der Waals surface area (Å²) in [5.41, 5.74) is 8.90. The van der Waals surface area contributed by atoms with Gasteiger partial charge in [-0.3, -0.25) is 4.90 Å². The van der Waals surface area contributed by atoms with E-state index in [1.54, 1.807) is 0 Å². The van der Waals surface area contributed by atoms with Crippen molar-refractivity contribution in [2.24, 2.45) is 5.11 Å². The number of rotatable bonds is 4. The van der Waals surface area contributed by atoms with Crippen molar-refractivity contribution in [1.29, 1.82) is 5.53 Å². The molecule has 0 aliphatic carbocycles. The van der Waals surface area contributed by atoms with Crippen molar-refractivity contribution in [2.45, 2.75) is 25.4 Å². The van der Waals surface area contributed by atoms with Gasteiger partial charge in [-0.05, 0) is 37.6 Å². The summed E-state index contributed by atoms with van der Waals surface area (Å²) in [6.45, 7) is 2.71. The van der Waals surface area contributed by atoms with Crippen LogP contribution in [0.5, 0.6) is 0 Å². The molecule has 1 aromatic rings. The Morgan fingerprint density at radius 3 is 2.53 bits per heavy atom. The predicted molar refractivity (Wildman–Crippen MR) is 66.6 cm³/mol. The van der Waals surface area contributed by atoms with Gasteiger partial charge in [0.25, 0.3) is 0 Å². The van der Waals surface area contributed by atoms with Gasteiger partial charge in [0, 0.05) is 25.8 Å². The van der Waals surface area contributed by atoms with Gasteiger partial charge in [-0.25, -0.2) is 5.53 Å². The van der Waals surface area contributed by atoms with Gasteiger partial charge in [0.2, 0.25) is 0 Å². The van der Waals surface area contributed by atoms with E-state index in [1.807, 2.05) is 24.3 Å². The van der Waals surface area contributed by atoms with E-state index in [0.717, 1.165) is 32.6 Å². The predicted octanol–water partition coefficient (Wildman–Crippen LogP) is 2.96. The second-order valence-corrected chi connectivity index (χ2v) is 4.54. The average molecular weight is 233 g/mol. The third-order valence-corrected chi connectivity index (χ3v) is 3.31. The summed E-state index contributed by atoms with van der Waals surface area (Å²) in [4.78, 5) is 2.38. The Bertz CT molecular complexity index is 357. The van der Waals surface area contributed by atoms with Crippen LogP contribution >= 0.6 is 0 Å². The molecule has 1 fully saturated rings. The number of ether oxygens (including phenoxy) is 1. The normalized spacial score (nSPS) is 17.3. The summed E-state index contributed by atoms with van der Waals surface area (Å²) in [6, 6.07) is 8.50. The van der Waals surface area contributed by atoms with Crippen molar-refractivity contribution in [3.8, 4) is 0 Å². The average Bonchev–Trinajstić information content (AvgIpc) is 2.40. The van der Waals surface area contributed by atoms with E-state index in [2.05, 4.69) is 17.1 Å². The van der Waals surface area contributed by atoms with E-state index in [9.17, 15) is 0 Å². The molecule has 0 aromatic heterocycles. The first kappa shape index (κ1) is 12.2. The third-order valence-electron chi connectivity index (χ3n) is 3.31. The molecule has 0 atom stereocenters. The molecule has 1 aliphatic rings. The van der Waals surface area contributed by atoms with Gasteiger partial charge < -0.3 is 4.74 Å². The van der Waals surface area contributed by atoms with E-state index < -0.39 is 0 Å². The fourth-order valence-electron chi connectivity index (χ4n) is 2.22. The monoisotopic (exact) mass is 233 g/mol. The zero-order valence-corrected chi connectivity index (χ0v) is 10.2. The van der Waals surface area contributed by atoms with Crippen LogP contribution in [0.15, 0.2) is 29.4 Å². The molecule has 1 aromatic carbocycles. The van der Waals surface area contributed by atoms with E-state index >= 15 is 0 Å². The molecule has 0 radical (unpaired) electrons. The second-order valence-electron chi connectivity index (χ2n) is 4.54. The van der Waals surface area contributed by atoms with Gasteiger partial charge in [-0.1, -0.05) is 12.1 Å². The smallest absolute Gasteiger partial charge is 0.0850 e. The maximum atomic E-state index is 6.92. The quantitative estimate of drug-likeness (QED) is 0.813. The maximum absolute atomic E-state index is 6.92. The standard InChI is InChI=1S/C13H19N3O/c1-16(13-6-8-17-9-7-13)10-11-2-4-12(15-14)5-3-11/h2-5,13-14H,6-10H2,1H3. The van der Waals surface area contributed by atoms with E-state index in [0.29, 0.717) is 11.7 Å². The molecule has 1 saturated heterocycles.